The van der Waals surface area contributed by atoms with Crippen LogP contribution in [-0.2, 0) is 6.42 Å². The van der Waals surface area contributed by atoms with Crippen molar-refractivity contribution in [3.05, 3.63) is 16.5 Å². The molecule has 1 unspecified atom stereocenters. The van der Waals surface area contributed by atoms with E-state index in [9.17, 15) is 5.11 Å². The van der Waals surface area contributed by atoms with Crippen LogP contribution in [0.5, 0.6) is 0 Å². The number of halogens is 1. The first kappa shape index (κ1) is 16.2. The van der Waals surface area contributed by atoms with Crippen molar-refractivity contribution in [1.82, 2.24) is 9.97 Å². The molecule has 19 heavy (non-hydrogen) atoms. The largest absolute Gasteiger partial charge is 0.394 e. The molecule has 2 N–H and O–H groups in total. The van der Waals surface area contributed by atoms with Gasteiger partial charge in [0.25, 0.3) is 0 Å². The minimum atomic E-state index is -0.000793. The smallest absolute Gasteiger partial charge is 0.137 e. The van der Waals surface area contributed by atoms with Crippen LogP contribution in [0, 0.1) is 12.8 Å². The average Bonchev–Trinajstić information content (AvgIpc) is 2.34. The Kier molecular flexibility index (Phi) is 6.52. The highest BCUT2D eigenvalue weighted by molar-refractivity contribution is 6.30. The van der Waals surface area contributed by atoms with Gasteiger partial charge in [0.1, 0.15) is 16.8 Å². The van der Waals surface area contributed by atoms with Crippen molar-refractivity contribution in [3.63, 3.8) is 0 Å². The number of aromatic nitrogens is 2. The number of hydrogen-bond acceptors (Lipinski definition) is 4. The highest BCUT2D eigenvalue weighted by atomic mass is 35.5. The minimum absolute atomic E-state index is 0.000793. The molecule has 1 aromatic rings. The summed E-state index contributed by atoms with van der Waals surface area (Å²) in [5.74, 6) is 2.00. The normalized spacial score (nSPS) is 12.8. The molecule has 1 atom stereocenters. The van der Waals surface area contributed by atoms with Gasteiger partial charge in [0, 0.05) is 12.0 Å². The number of hydrogen-bond donors (Lipinski definition) is 2. The fourth-order valence-corrected chi connectivity index (χ4v) is 2.14. The third kappa shape index (κ3) is 4.96. The lowest BCUT2D eigenvalue weighted by molar-refractivity contribution is 0.259. The summed E-state index contributed by atoms with van der Waals surface area (Å²) in [6, 6.07) is -0.000793. The van der Waals surface area contributed by atoms with Crippen LogP contribution in [0.25, 0.3) is 0 Å². The number of anilines is 1. The third-order valence-electron chi connectivity index (χ3n) is 2.92. The van der Waals surface area contributed by atoms with E-state index in [2.05, 4.69) is 36.1 Å². The molecule has 1 heterocycles. The van der Waals surface area contributed by atoms with Crippen LogP contribution in [0.3, 0.4) is 0 Å². The van der Waals surface area contributed by atoms with Crippen LogP contribution < -0.4 is 5.32 Å². The number of aliphatic hydroxyl groups excluding tert-OH is 1. The van der Waals surface area contributed by atoms with Crippen molar-refractivity contribution in [2.24, 2.45) is 5.92 Å². The van der Waals surface area contributed by atoms with E-state index in [4.69, 9.17) is 11.6 Å². The molecule has 0 fully saturated rings. The highest BCUT2D eigenvalue weighted by Gasteiger charge is 2.14. The van der Waals surface area contributed by atoms with Crippen LogP contribution in [0.2, 0.25) is 5.15 Å². The molecule has 0 radical (unpaired) electrons. The second-order valence-corrected chi connectivity index (χ2v) is 5.67. The van der Waals surface area contributed by atoms with Crippen molar-refractivity contribution in [2.75, 3.05) is 11.9 Å². The van der Waals surface area contributed by atoms with Gasteiger partial charge in [0.05, 0.1) is 12.6 Å². The highest BCUT2D eigenvalue weighted by Crippen LogP contribution is 2.22. The van der Waals surface area contributed by atoms with Gasteiger partial charge in [-0.3, -0.25) is 0 Å². The molecule has 1 rings (SSSR count). The lowest BCUT2D eigenvalue weighted by atomic mass is 10.0. The van der Waals surface area contributed by atoms with Gasteiger partial charge in [0.15, 0.2) is 0 Å². The number of aryl methyl sites for hydroxylation is 1. The lowest BCUT2D eigenvalue weighted by Crippen LogP contribution is -2.27. The summed E-state index contributed by atoms with van der Waals surface area (Å²) in [4.78, 5) is 8.77. The van der Waals surface area contributed by atoms with Crippen LogP contribution in [0.4, 0.5) is 5.82 Å². The van der Waals surface area contributed by atoms with Crippen LogP contribution >= 0.6 is 11.6 Å². The summed E-state index contributed by atoms with van der Waals surface area (Å²) in [5, 5.41) is 13.2. The van der Waals surface area contributed by atoms with E-state index < -0.39 is 0 Å². The Morgan fingerprint density at radius 3 is 2.53 bits per heavy atom. The van der Waals surface area contributed by atoms with Gasteiger partial charge in [-0.1, -0.05) is 32.4 Å². The van der Waals surface area contributed by atoms with E-state index in [1.807, 2.05) is 6.92 Å². The third-order valence-corrected chi connectivity index (χ3v) is 3.29. The maximum atomic E-state index is 9.43. The van der Waals surface area contributed by atoms with Crippen molar-refractivity contribution in [3.8, 4) is 0 Å². The summed E-state index contributed by atoms with van der Waals surface area (Å²) in [6.07, 6.45) is 2.68. The quantitative estimate of drug-likeness (QED) is 0.755. The van der Waals surface area contributed by atoms with E-state index in [-0.39, 0.29) is 12.6 Å². The van der Waals surface area contributed by atoms with Gasteiger partial charge in [0.2, 0.25) is 0 Å². The molecule has 0 bridgehead atoms. The summed E-state index contributed by atoms with van der Waals surface area (Å²) in [6.45, 7) is 8.32. The van der Waals surface area contributed by atoms with Gasteiger partial charge in [-0.25, -0.2) is 9.97 Å². The predicted molar refractivity (Wildman–Crippen MR) is 79.7 cm³/mol. The Hall–Kier alpha value is -0.870. The summed E-state index contributed by atoms with van der Waals surface area (Å²) >= 11 is 6.13. The summed E-state index contributed by atoms with van der Waals surface area (Å²) in [5.41, 5.74) is 0.837. The average molecular weight is 286 g/mol. The fourth-order valence-electron chi connectivity index (χ4n) is 1.95. The second kappa shape index (κ2) is 7.65. The van der Waals surface area contributed by atoms with Gasteiger partial charge in [-0.05, 0) is 25.7 Å². The molecule has 0 aliphatic rings. The van der Waals surface area contributed by atoms with E-state index in [1.54, 1.807) is 0 Å². The predicted octanol–water partition coefficient (Wildman–Crippen LogP) is 3.21. The number of nitrogens with one attached hydrogen (secondary N) is 1. The van der Waals surface area contributed by atoms with Crippen LogP contribution in [-0.4, -0.2) is 27.7 Å². The van der Waals surface area contributed by atoms with Crippen LogP contribution in [0.15, 0.2) is 0 Å². The van der Waals surface area contributed by atoms with E-state index >= 15 is 0 Å². The summed E-state index contributed by atoms with van der Waals surface area (Å²) in [7, 11) is 0. The van der Waals surface area contributed by atoms with Gasteiger partial charge in [-0.15, -0.1) is 0 Å². The molecule has 0 aliphatic carbocycles. The van der Waals surface area contributed by atoms with E-state index in [0.717, 1.165) is 36.5 Å². The Morgan fingerprint density at radius 2 is 2.00 bits per heavy atom. The monoisotopic (exact) mass is 285 g/mol. The van der Waals surface area contributed by atoms with Gasteiger partial charge < -0.3 is 10.4 Å². The Balaban J connectivity index is 2.91. The zero-order valence-corrected chi connectivity index (χ0v) is 13.0. The first-order valence-corrected chi connectivity index (χ1v) is 7.26. The molecule has 0 amide bonds. The number of nitrogens with zero attached hydrogens (tertiary/aromatic N) is 2. The molecule has 0 aliphatic heterocycles. The minimum Gasteiger partial charge on any atom is -0.394 e. The first-order chi connectivity index (χ1) is 8.97. The molecule has 0 saturated heterocycles. The molecule has 4 nitrogen and oxygen atoms in total. The Morgan fingerprint density at radius 1 is 1.32 bits per heavy atom. The van der Waals surface area contributed by atoms with E-state index in [0.29, 0.717) is 11.1 Å². The fraction of sp³-hybridized carbons (Fsp3) is 0.714. The topological polar surface area (TPSA) is 58.0 Å². The standard InChI is InChI=1S/C14H24ClN3O/c1-5-6-12-17-13(15)10(4)14(18-12)16-11(8-19)7-9(2)3/h9,11,19H,5-8H2,1-4H3,(H,16,17,18). The molecule has 5 heteroatoms. The molecule has 108 valence electrons. The maximum Gasteiger partial charge on any atom is 0.137 e. The maximum absolute atomic E-state index is 9.43. The molecule has 0 spiro atoms. The van der Waals surface area contributed by atoms with Crippen molar-refractivity contribution >= 4 is 17.4 Å². The van der Waals surface area contributed by atoms with Crippen molar-refractivity contribution in [1.29, 1.82) is 0 Å². The van der Waals surface area contributed by atoms with Gasteiger partial charge in [-0.2, -0.15) is 0 Å². The Bertz CT molecular complexity index is 410. The number of rotatable bonds is 7. The molecule has 1 aromatic heterocycles. The Labute approximate surface area is 120 Å². The first-order valence-electron chi connectivity index (χ1n) is 6.88. The molecular formula is C14H24ClN3O. The SMILES string of the molecule is CCCc1nc(Cl)c(C)c(NC(CO)CC(C)C)n1. The number of aliphatic hydroxyl groups is 1. The molecule has 0 aromatic carbocycles. The van der Waals surface area contributed by atoms with Crippen molar-refractivity contribution < 1.29 is 5.11 Å². The lowest BCUT2D eigenvalue weighted by Gasteiger charge is -2.20. The molecular weight excluding hydrogens is 262 g/mol. The van der Waals surface area contributed by atoms with E-state index in [1.165, 1.54) is 0 Å². The zero-order valence-electron chi connectivity index (χ0n) is 12.2. The summed E-state index contributed by atoms with van der Waals surface area (Å²) < 4.78 is 0. The van der Waals surface area contributed by atoms with Crippen molar-refractivity contribution in [2.45, 2.75) is 53.0 Å². The van der Waals surface area contributed by atoms with Gasteiger partial charge >= 0.3 is 0 Å². The second-order valence-electron chi connectivity index (χ2n) is 5.31. The van der Waals surface area contributed by atoms with Crippen LogP contribution in [0.1, 0.15) is 45.0 Å². The molecule has 0 saturated carbocycles. The zero-order chi connectivity index (χ0) is 14.4.